The molecule has 2 aromatic rings. The van der Waals surface area contributed by atoms with Crippen LogP contribution in [-0.2, 0) is 0 Å². The SMILES string of the molecule is C/C([NH3+])=C\c1cc2ccccc2o1. The van der Waals surface area contributed by atoms with E-state index in [1.54, 1.807) is 0 Å². The lowest BCUT2D eigenvalue weighted by molar-refractivity contribution is -0.299. The summed E-state index contributed by atoms with van der Waals surface area (Å²) in [5.41, 5.74) is 5.73. The first-order chi connectivity index (χ1) is 6.25. The van der Waals surface area contributed by atoms with Gasteiger partial charge in [-0.1, -0.05) is 18.2 Å². The molecule has 13 heavy (non-hydrogen) atoms. The summed E-state index contributed by atoms with van der Waals surface area (Å²) in [7, 11) is 0. The molecule has 2 rings (SSSR count). The average molecular weight is 174 g/mol. The van der Waals surface area contributed by atoms with Crippen LogP contribution in [0.3, 0.4) is 0 Å². The minimum atomic E-state index is 0.869. The van der Waals surface area contributed by atoms with Gasteiger partial charge in [-0.3, -0.25) is 0 Å². The predicted molar refractivity (Wildman–Crippen MR) is 52.8 cm³/mol. The maximum absolute atomic E-state index is 5.56. The zero-order valence-corrected chi connectivity index (χ0v) is 7.58. The molecule has 1 aromatic heterocycles. The molecule has 0 atom stereocenters. The molecule has 1 heterocycles. The van der Waals surface area contributed by atoms with Gasteiger partial charge in [0.2, 0.25) is 0 Å². The van der Waals surface area contributed by atoms with Gasteiger partial charge in [0.1, 0.15) is 17.0 Å². The Kier molecular flexibility index (Phi) is 1.91. The quantitative estimate of drug-likeness (QED) is 0.706. The first kappa shape index (κ1) is 8.08. The zero-order valence-electron chi connectivity index (χ0n) is 7.58. The van der Waals surface area contributed by atoms with Crippen LogP contribution in [0.15, 0.2) is 40.4 Å². The van der Waals surface area contributed by atoms with Crippen molar-refractivity contribution in [2.75, 3.05) is 0 Å². The number of quaternary nitrogens is 1. The van der Waals surface area contributed by atoms with Gasteiger partial charge in [-0.2, -0.15) is 0 Å². The molecule has 2 nitrogen and oxygen atoms in total. The van der Waals surface area contributed by atoms with E-state index in [-0.39, 0.29) is 0 Å². The van der Waals surface area contributed by atoms with E-state index in [0.29, 0.717) is 0 Å². The third-order valence-electron chi connectivity index (χ3n) is 1.83. The molecule has 1 aromatic carbocycles. The van der Waals surface area contributed by atoms with Gasteiger partial charge in [-0.05, 0) is 12.1 Å². The van der Waals surface area contributed by atoms with Crippen molar-refractivity contribution in [1.82, 2.24) is 0 Å². The third kappa shape index (κ3) is 1.63. The van der Waals surface area contributed by atoms with Gasteiger partial charge in [-0.25, -0.2) is 0 Å². The minimum absolute atomic E-state index is 0.869. The molecule has 0 spiro atoms. The Balaban J connectivity index is 2.56. The van der Waals surface area contributed by atoms with E-state index in [1.165, 1.54) is 0 Å². The van der Waals surface area contributed by atoms with Crippen molar-refractivity contribution in [1.29, 1.82) is 0 Å². The third-order valence-corrected chi connectivity index (χ3v) is 1.83. The van der Waals surface area contributed by atoms with Crippen molar-refractivity contribution in [3.05, 3.63) is 41.8 Å². The van der Waals surface area contributed by atoms with E-state index in [0.717, 1.165) is 22.4 Å². The number of benzene rings is 1. The Hall–Kier alpha value is -1.54. The number of allylic oxidation sites excluding steroid dienone is 1. The first-order valence-corrected chi connectivity index (χ1v) is 4.24. The Morgan fingerprint density at radius 3 is 2.85 bits per heavy atom. The molecular weight excluding hydrogens is 162 g/mol. The van der Waals surface area contributed by atoms with Crippen LogP contribution < -0.4 is 5.73 Å². The van der Waals surface area contributed by atoms with Crippen LogP contribution in [-0.4, -0.2) is 0 Å². The van der Waals surface area contributed by atoms with Crippen molar-refractivity contribution in [3.8, 4) is 0 Å². The highest BCUT2D eigenvalue weighted by Crippen LogP contribution is 2.19. The summed E-state index contributed by atoms with van der Waals surface area (Å²) < 4.78 is 5.56. The molecule has 0 aliphatic heterocycles. The van der Waals surface area contributed by atoms with Gasteiger partial charge in [0, 0.05) is 18.4 Å². The number of furan rings is 1. The second kappa shape index (κ2) is 3.07. The second-order valence-corrected chi connectivity index (χ2v) is 3.18. The number of fused-ring (bicyclic) bond motifs is 1. The van der Waals surface area contributed by atoms with Gasteiger partial charge in [-0.15, -0.1) is 0 Å². The zero-order chi connectivity index (χ0) is 9.26. The van der Waals surface area contributed by atoms with E-state index in [4.69, 9.17) is 4.42 Å². The van der Waals surface area contributed by atoms with Gasteiger partial charge in [0.25, 0.3) is 0 Å². The first-order valence-electron chi connectivity index (χ1n) is 4.24. The molecule has 0 amide bonds. The average Bonchev–Trinajstić information content (AvgIpc) is 2.44. The van der Waals surface area contributed by atoms with Gasteiger partial charge in [0.15, 0.2) is 0 Å². The van der Waals surface area contributed by atoms with Crippen molar-refractivity contribution < 1.29 is 10.2 Å². The molecule has 0 saturated heterocycles. The summed E-state index contributed by atoms with van der Waals surface area (Å²) in [6.45, 7) is 1.95. The van der Waals surface area contributed by atoms with E-state index in [9.17, 15) is 0 Å². The van der Waals surface area contributed by atoms with Crippen molar-refractivity contribution >= 4 is 17.0 Å². The Labute approximate surface area is 76.7 Å². The summed E-state index contributed by atoms with van der Waals surface area (Å²) >= 11 is 0. The molecule has 0 fully saturated rings. The predicted octanol–water partition coefficient (Wildman–Crippen LogP) is 2.04. The van der Waals surface area contributed by atoms with E-state index in [2.05, 4.69) is 5.73 Å². The Bertz CT molecular complexity index is 417. The molecule has 2 heteroatoms. The maximum atomic E-state index is 5.56. The highest BCUT2D eigenvalue weighted by Gasteiger charge is 1.99. The summed E-state index contributed by atoms with van der Waals surface area (Å²) in [4.78, 5) is 0. The van der Waals surface area contributed by atoms with E-state index < -0.39 is 0 Å². The minimum Gasteiger partial charge on any atom is -0.456 e. The number of rotatable bonds is 1. The lowest BCUT2D eigenvalue weighted by Gasteiger charge is -1.84. The highest BCUT2D eigenvalue weighted by atomic mass is 16.3. The second-order valence-electron chi connectivity index (χ2n) is 3.18. The fraction of sp³-hybridized carbons (Fsp3) is 0.0909. The molecule has 0 bridgehead atoms. The standard InChI is InChI=1S/C11H11NO/c1-8(12)6-10-7-9-4-2-3-5-11(9)13-10/h2-7H,12H2,1H3/p+1/b8-6+. The Morgan fingerprint density at radius 2 is 2.15 bits per heavy atom. The lowest BCUT2D eigenvalue weighted by atomic mass is 10.2. The summed E-state index contributed by atoms with van der Waals surface area (Å²) in [6, 6.07) is 9.99. The van der Waals surface area contributed by atoms with Crippen molar-refractivity contribution in [3.63, 3.8) is 0 Å². The van der Waals surface area contributed by atoms with E-state index >= 15 is 0 Å². The van der Waals surface area contributed by atoms with Gasteiger partial charge in [0.05, 0.1) is 0 Å². The molecule has 0 aliphatic carbocycles. The molecule has 3 N–H and O–H groups in total. The van der Waals surface area contributed by atoms with Crippen LogP contribution in [0.4, 0.5) is 0 Å². The summed E-state index contributed by atoms with van der Waals surface area (Å²) in [6.07, 6.45) is 1.93. The normalized spacial score (nSPS) is 12.3. The van der Waals surface area contributed by atoms with Crippen LogP contribution in [0.1, 0.15) is 12.7 Å². The van der Waals surface area contributed by atoms with Crippen LogP contribution in [0.25, 0.3) is 17.0 Å². The molecular formula is C11H12NO+. The largest absolute Gasteiger partial charge is 0.456 e. The van der Waals surface area contributed by atoms with Crippen LogP contribution in [0.5, 0.6) is 0 Å². The van der Waals surface area contributed by atoms with Crippen molar-refractivity contribution in [2.24, 2.45) is 0 Å². The van der Waals surface area contributed by atoms with Gasteiger partial charge < -0.3 is 10.2 Å². The van der Waals surface area contributed by atoms with E-state index in [1.807, 2.05) is 43.3 Å². The smallest absolute Gasteiger partial charge is 0.134 e. The maximum Gasteiger partial charge on any atom is 0.134 e. The summed E-state index contributed by atoms with van der Waals surface area (Å²) in [5.74, 6) is 0.869. The molecule has 66 valence electrons. The number of hydrogen-bond acceptors (Lipinski definition) is 1. The fourth-order valence-electron chi connectivity index (χ4n) is 1.32. The fourth-order valence-corrected chi connectivity index (χ4v) is 1.32. The Morgan fingerprint density at radius 1 is 1.38 bits per heavy atom. The topological polar surface area (TPSA) is 40.8 Å². The lowest BCUT2D eigenvalue weighted by Crippen LogP contribution is -2.45. The van der Waals surface area contributed by atoms with Gasteiger partial charge >= 0.3 is 0 Å². The molecule has 0 aliphatic rings. The van der Waals surface area contributed by atoms with Crippen LogP contribution in [0.2, 0.25) is 0 Å². The molecule has 0 unspecified atom stereocenters. The molecule has 0 saturated carbocycles. The van der Waals surface area contributed by atoms with Crippen molar-refractivity contribution in [2.45, 2.75) is 6.92 Å². The van der Waals surface area contributed by atoms with Crippen LogP contribution in [0, 0.1) is 0 Å². The van der Waals surface area contributed by atoms with Crippen LogP contribution >= 0.6 is 0 Å². The molecule has 0 radical (unpaired) electrons. The number of hydrogen-bond donors (Lipinski definition) is 1. The summed E-state index contributed by atoms with van der Waals surface area (Å²) in [5, 5.41) is 1.13. The monoisotopic (exact) mass is 174 g/mol. The highest BCUT2D eigenvalue weighted by molar-refractivity contribution is 5.79. The number of para-hydroxylation sites is 1.